The van der Waals surface area contributed by atoms with Gasteiger partial charge < -0.3 is 10.6 Å². The molecule has 112 valence electrons. The standard InChI is InChI=1S/C15H21F3N2/c1-10(19)7-12-5-6-14(13(8-12)15(16,17)18)20(2)9-11-3-4-11/h5-6,8,10-11H,3-4,7,9,19H2,1-2H3. The number of anilines is 1. The maximum absolute atomic E-state index is 13.2. The molecule has 2 rings (SSSR count). The van der Waals surface area contributed by atoms with Gasteiger partial charge in [-0.25, -0.2) is 0 Å². The Kier molecular flexibility index (Phi) is 4.28. The van der Waals surface area contributed by atoms with Crippen molar-refractivity contribution in [3.05, 3.63) is 29.3 Å². The zero-order valence-corrected chi connectivity index (χ0v) is 11.9. The normalized spacial score (nSPS) is 17.1. The summed E-state index contributed by atoms with van der Waals surface area (Å²) in [6.45, 7) is 2.48. The topological polar surface area (TPSA) is 29.3 Å². The van der Waals surface area contributed by atoms with Crippen molar-refractivity contribution in [2.45, 2.75) is 38.4 Å². The maximum atomic E-state index is 13.2. The van der Waals surface area contributed by atoms with Crippen LogP contribution in [0.25, 0.3) is 0 Å². The number of hydrogen-bond acceptors (Lipinski definition) is 2. The molecule has 2 nitrogen and oxygen atoms in total. The van der Waals surface area contributed by atoms with Crippen LogP contribution in [0.2, 0.25) is 0 Å². The molecule has 1 atom stereocenters. The third-order valence-electron chi connectivity index (χ3n) is 3.56. The van der Waals surface area contributed by atoms with Crippen molar-refractivity contribution in [2.75, 3.05) is 18.5 Å². The van der Waals surface area contributed by atoms with Crippen LogP contribution in [0.5, 0.6) is 0 Å². The van der Waals surface area contributed by atoms with Crippen molar-refractivity contribution in [3.8, 4) is 0 Å². The fourth-order valence-corrected chi connectivity index (χ4v) is 2.43. The van der Waals surface area contributed by atoms with E-state index in [9.17, 15) is 13.2 Å². The summed E-state index contributed by atoms with van der Waals surface area (Å²) in [6.07, 6.45) is -1.64. The van der Waals surface area contributed by atoms with E-state index in [0.29, 0.717) is 24.4 Å². The molecule has 0 bridgehead atoms. The van der Waals surface area contributed by atoms with Gasteiger partial charge in [0.25, 0.3) is 0 Å². The van der Waals surface area contributed by atoms with Gasteiger partial charge in [-0.1, -0.05) is 6.07 Å². The Morgan fingerprint density at radius 2 is 2.00 bits per heavy atom. The number of benzene rings is 1. The van der Waals surface area contributed by atoms with Crippen LogP contribution in [0, 0.1) is 5.92 Å². The van der Waals surface area contributed by atoms with Crippen molar-refractivity contribution >= 4 is 5.69 Å². The fraction of sp³-hybridized carbons (Fsp3) is 0.600. The molecule has 0 amide bonds. The van der Waals surface area contributed by atoms with Gasteiger partial charge >= 0.3 is 6.18 Å². The van der Waals surface area contributed by atoms with Crippen LogP contribution in [-0.2, 0) is 12.6 Å². The minimum atomic E-state index is -4.33. The smallest absolute Gasteiger partial charge is 0.374 e. The van der Waals surface area contributed by atoms with Crippen LogP contribution in [0.3, 0.4) is 0 Å². The molecule has 1 aliphatic rings. The highest BCUT2D eigenvalue weighted by molar-refractivity contribution is 5.56. The molecule has 0 spiro atoms. The van der Waals surface area contributed by atoms with Crippen molar-refractivity contribution in [2.24, 2.45) is 11.7 Å². The lowest BCUT2D eigenvalue weighted by molar-refractivity contribution is -0.137. The van der Waals surface area contributed by atoms with Crippen LogP contribution in [0.1, 0.15) is 30.9 Å². The summed E-state index contributed by atoms with van der Waals surface area (Å²) in [5, 5.41) is 0. The molecule has 0 saturated heterocycles. The highest BCUT2D eigenvalue weighted by Crippen LogP contribution is 2.39. The van der Waals surface area contributed by atoms with E-state index in [1.54, 1.807) is 31.0 Å². The van der Waals surface area contributed by atoms with E-state index in [1.807, 2.05) is 0 Å². The molecule has 1 aliphatic carbocycles. The Morgan fingerprint density at radius 3 is 2.50 bits per heavy atom. The molecular weight excluding hydrogens is 265 g/mol. The SMILES string of the molecule is CC(N)Cc1ccc(N(C)CC2CC2)c(C(F)(F)F)c1. The fourth-order valence-electron chi connectivity index (χ4n) is 2.43. The van der Waals surface area contributed by atoms with Crippen LogP contribution in [0.15, 0.2) is 18.2 Å². The average molecular weight is 286 g/mol. The monoisotopic (exact) mass is 286 g/mol. The summed E-state index contributed by atoms with van der Waals surface area (Å²) >= 11 is 0. The first-order valence-corrected chi connectivity index (χ1v) is 6.94. The summed E-state index contributed by atoms with van der Waals surface area (Å²) < 4.78 is 39.7. The molecule has 1 aromatic carbocycles. The average Bonchev–Trinajstić information content (AvgIpc) is 3.10. The Bertz CT molecular complexity index is 465. The van der Waals surface area contributed by atoms with Gasteiger partial charge in [0.2, 0.25) is 0 Å². The lowest BCUT2D eigenvalue weighted by Crippen LogP contribution is -2.24. The third-order valence-corrected chi connectivity index (χ3v) is 3.56. The highest BCUT2D eigenvalue weighted by Gasteiger charge is 2.35. The molecule has 0 aliphatic heterocycles. The molecular formula is C15H21F3N2. The summed E-state index contributed by atoms with van der Waals surface area (Å²) in [5.41, 5.74) is 6.00. The van der Waals surface area contributed by atoms with Gasteiger partial charge in [-0.2, -0.15) is 13.2 Å². The number of hydrogen-bond donors (Lipinski definition) is 1. The molecule has 1 aromatic rings. The molecule has 20 heavy (non-hydrogen) atoms. The van der Waals surface area contributed by atoms with Gasteiger partial charge in [0.1, 0.15) is 0 Å². The molecule has 1 saturated carbocycles. The van der Waals surface area contributed by atoms with E-state index in [4.69, 9.17) is 5.73 Å². The molecule has 5 heteroatoms. The lowest BCUT2D eigenvalue weighted by atomic mass is 10.0. The second-order valence-electron chi connectivity index (χ2n) is 5.85. The molecule has 1 fully saturated rings. The van der Waals surface area contributed by atoms with Crippen molar-refractivity contribution in [1.82, 2.24) is 0 Å². The summed E-state index contributed by atoms with van der Waals surface area (Å²) in [7, 11) is 1.73. The first-order valence-electron chi connectivity index (χ1n) is 6.94. The quantitative estimate of drug-likeness (QED) is 0.898. The number of halogens is 3. The molecule has 0 aromatic heterocycles. The largest absolute Gasteiger partial charge is 0.418 e. The number of nitrogens with zero attached hydrogens (tertiary/aromatic N) is 1. The Morgan fingerprint density at radius 1 is 1.35 bits per heavy atom. The first-order chi connectivity index (χ1) is 9.27. The minimum Gasteiger partial charge on any atom is -0.374 e. The van der Waals surface area contributed by atoms with Crippen LogP contribution >= 0.6 is 0 Å². The van der Waals surface area contributed by atoms with E-state index in [0.717, 1.165) is 12.8 Å². The zero-order valence-electron chi connectivity index (χ0n) is 11.9. The minimum absolute atomic E-state index is 0.147. The van der Waals surface area contributed by atoms with Gasteiger partial charge in [0.05, 0.1) is 5.56 Å². The zero-order chi connectivity index (χ0) is 14.9. The summed E-state index contributed by atoms with van der Waals surface area (Å²) in [5.74, 6) is 0.546. The van der Waals surface area contributed by atoms with Crippen LogP contribution < -0.4 is 10.6 Å². The van der Waals surface area contributed by atoms with Crippen molar-refractivity contribution < 1.29 is 13.2 Å². The Labute approximate surface area is 117 Å². The predicted molar refractivity (Wildman–Crippen MR) is 74.8 cm³/mol. The number of rotatable bonds is 5. The third kappa shape index (κ3) is 3.88. The summed E-state index contributed by atoms with van der Waals surface area (Å²) in [4.78, 5) is 1.72. The van der Waals surface area contributed by atoms with Gasteiger partial charge in [-0.15, -0.1) is 0 Å². The van der Waals surface area contributed by atoms with Crippen molar-refractivity contribution in [3.63, 3.8) is 0 Å². The lowest BCUT2D eigenvalue weighted by Gasteiger charge is -2.24. The van der Waals surface area contributed by atoms with Crippen molar-refractivity contribution in [1.29, 1.82) is 0 Å². The predicted octanol–water partition coefficient (Wildman–Crippen LogP) is 3.44. The van der Waals surface area contributed by atoms with Crippen LogP contribution in [-0.4, -0.2) is 19.6 Å². The van der Waals surface area contributed by atoms with Gasteiger partial charge in [-0.05, 0) is 49.8 Å². The van der Waals surface area contributed by atoms with Gasteiger partial charge in [0, 0.05) is 25.3 Å². The van der Waals surface area contributed by atoms with E-state index in [2.05, 4.69) is 0 Å². The number of alkyl halides is 3. The first kappa shape index (κ1) is 15.2. The van der Waals surface area contributed by atoms with E-state index in [-0.39, 0.29) is 11.7 Å². The van der Waals surface area contributed by atoms with Gasteiger partial charge in [-0.3, -0.25) is 0 Å². The van der Waals surface area contributed by atoms with E-state index >= 15 is 0 Å². The number of nitrogens with two attached hydrogens (primary N) is 1. The Balaban J connectivity index is 2.29. The van der Waals surface area contributed by atoms with E-state index < -0.39 is 11.7 Å². The molecule has 0 heterocycles. The maximum Gasteiger partial charge on any atom is 0.418 e. The molecule has 0 radical (unpaired) electrons. The highest BCUT2D eigenvalue weighted by atomic mass is 19.4. The van der Waals surface area contributed by atoms with Gasteiger partial charge in [0.15, 0.2) is 0 Å². The Hall–Kier alpha value is -1.23. The van der Waals surface area contributed by atoms with E-state index in [1.165, 1.54) is 6.07 Å². The molecule has 2 N–H and O–H groups in total. The molecule has 1 unspecified atom stereocenters. The van der Waals surface area contributed by atoms with Crippen LogP contribution in [0.4, 0.5) is 18.9 Å². The summed E-state index contributed by atoms with van der Waals surface area (Å²) in [6, 6.07) is 4.41. The second-order valence-corrected chi connectivity index (χ2v) is 5.85. The second kappa shape index (κ2) is 5.64.